The summed E-state index contributed by atoms with van der Waals surface area (Å²) in [5.41, 5.74) is 0. The fourth-order valence-electron chi connectivity index (χ4n) is 0.847. The van der Waals surface area contributed by atoms with Gasteiger partial charge >= 0.3 is 0 Å². The molecular formula is C7H15N5. The van der Waals surface area contributed by atoms with E-state index in [9.17, 15) is 0 Å². The molecule has 0 fully saturated rings. The maximum atomic E-state index is 3.90. The van der Waals surface area contributed by atoms with Crippen molar-refractivity contribution in [2.75, 3.05) is 39.1 Å². The molecular weight excluding hydrogens is 154 g/mol. The number of hydrogen-bond acceptors (Lipinski definition) is 4. The number of anilines is 1. The Bertz CT molecular complexity index is 206. The Kier molecular flexibility index (Phi) is 3.04. The van der Waals surface area contributed by atoms with Gasteiger partial charge in [-0.05, 0) is 14.1 Å². The van der Waals surface area contributed by atoms with Gasteiger partial charge in [-0.2, -0.15) is 0 Å². The minimum Gasteiger partial charge on any atom is -0.356 e. The number of likely N-dealkylation sites (N-methyl/N-ethyl adjacent to an activating group) is 2. The minimum atomic E-state index is 0.886. The molecule has 68 valence electrons. The number of aromatic nitrogens is 3. The van der Waals surface area contributed by atoms with E-state index < -0.39 is 0 Å². The molecule has 0 saturated heterocycles. The van der Waals surface area contributed by atoms with Gasteiger partial charge in [0.25, 0.3) is 0 Å². The lowest BCUT2D eigenvalue weighted by molar-refractivity contribution is 0.416. The van der Waals surface area contributed by atoms with Crippen molar-refractivity contribution in [3.8, 4) is 0 Å². The molecule has 0 aliphatic heterocycles. The van der Waals surface area contributed by atoms with Crippen LogP contribution in [0.1, 0.15) is 0 Å². The number of H-pyrrole nitrogens is 1. The Balaban J connectivity index is 2.34. The Morgan fingerprint density at radius 3 is 2.58 bits per heavy atom. The highest BCUT2D eigenvalue weighted by Crippen LogP contribution is 2.02. The average molecular weight is 169 g/mol. The monoisotopic (exact) mass is 169 g/mol. The summed E-state index contributed by atoms with van der Waals surface area (Å²) in [5, 5.41) is 10.2. The van der Waals surface area contributed by atoms with Crippen LogP contribution in [0.25, 0.3) is 0 Å². The Labute approximate surface area is 72.4 Å². The molecule has 1 aromatic rings. The van der Waals surface area contributed by atoms with Gasteiger partial charge in [0.05, 0.1) is 6.20 Å². The standard InChI is InChI=1S/C7H15N5/c1-11(2)4-5-12(3)7-6-8-10-9-7/h6H,4-5H2,1-3H3,(H,8,9,10). The van der Waals surface area contributed by atoms with Crippen LogP contribution in [0.2, 0.25) is 0 Å². The molecule has 0 spiro atoms. The van der Waals surface area contributed by atoms with Crippen molar-refractivity contribution >= 4 is 5.82 Å². The van der Waals surface area contributed by atoms with E-state index in [0.29, 0.717) is 0 Å². The molecule has 1 rings (SSSR count). The van der Waals surface area contributed by atoms with Crippen LogP contribution in [0.4, 0.5) is 5.82 Å². The van der Waals surface area contributed by atoms with Crippen molar-refractivity contribution in [3.63, 3.8) is 0 Å². The molecule has 1 heterocycles. The highest BCUT2D eigenvalue weighted by atomic mass is 15.4. The first kappa shape index (κ1) is 8.99. The van der Waals surface area contributed by atoms with Crippen molar-refractivity contribution in [2.45, 2.75) is 0 Å². The molecule has 0 radical (unpaired) electrons. The van der Waals surface area contributed by atoms with Gasteiger partial charge in [-0.3, -0.25) is 5.10 Å². The third-order valence-corrected chi connectivity index (χ3v) is 1.68. The minimum absolute atomic E-state index is 0.886. The van der Waals surface area contributed by atoms with E-state index in [1.165, 1.54) is 0 Å². The number of nitrogens with one attached hydrogen (secondary N) is 1. The van der Waals surface area contributed by atoms with E-state index in [-0.39, 0.29) is 0 Å². The third kappa shape index (κ3) is 2.50. The summed E-state index contributed by atoms with van der Waals surface area (Å²) < 4.78 is 0. The molecule has 1 N–H and O–H groups in total. The van der Waals surface area contributed by atoms with Crippen molar-refractivity contribution in [2.24, 2.45) is 0 Å². The van der Waals surface area contributed by atoms with E-state index in [0.717, 1.165) is 18.9 Å². The first-order valence-electron chi connectivity index (χ1n) is 3.92. The quantitative estimate of drug-likeness (QED) is 0.678. The van der Waals surface area contributed by atoms with E-state index in [1.54, 1.807) is 6.20 Å². The molecule has 1 aromatic heterocycles. The maximum Gasteiger partial charge on any atom is 0.170 e. The molecule has 0 amide bonds. The van der Waals surface area contributed by atoms with Crippen molar-refractivity contribution in [1.29, 1.82) is 0 Å². The van der Waals surface area contributed by atoms with Gasteiger partial charge in [0.1, 0.15) is 0 Å². The summed E-state index contributed by atoms with van der Waals surface area (Å²) in [7, 11) is 6.11. The van der Waals surface area contributed by atoms with Crippen LogP contribution in [-0.4, -0.2) is 54.5 Å². The van der Waals surface area contributed by atoms with Crippen LogP contribution < -0.4 is 4.90 Å². The van der Waals surface area contributed by atoms with E-state index >= 15 is 0 Å². The SMILES string of the molecule is CN(C)CCN(C)c1c[nH]nn1. The molecule has 0 aromatic carbocycles. The Hall–Kier alpha value is -1.10. The van der Waals surface area contributed by atoms with Gasteiger partial charge in [0.15, 0.2) is 5.82 Å². The second-order valence-corrected chi connectivity index (χ2v) is 3.06. The van der Waals surface area contributed by atoms with Crippen molar-refractivity contribution in [3.05, 3.63) is 6.20 Å². The van der Waals surface area contributed by atoms with Gasteiger partial charge in [0.2, 0.25) is 0 Å². The van der Waals surface area contributed by atoms with Crippen LogP contribution in [0.3, 0.4) is 0 Å². The van der Waals surface area contributed by atoms with E-state index in [1.807, 2.05) is 7.05 Å². The van der Waals surface area contributed by atoms with Crippen LogP contribution in [0, 0.1) is 0 Å². The van der Waals surface area contributed by atoms with Crippen molar-refractivity contribution < 1.29 is 0 Å². The lowest BCUT2D eigenvalue weighted by Gasteiger charge is -2.17. The summed E-state index contributed by atoms with van der Waals surface area (Å²) in [5.74, 6) is 0.886. The van der Waals surface area contributed by atoms with Crippen LogP contribution in [-0.2, 0) is 0 Å². The Morgan fingerprint density at radius 2 is 2.08 bits per heavy atom. The largest absolute Gasteiger partial charge is 0.356 e. The Morgan fingerprint density at radius 1 is 1.33 bits per heavy atom. The molecule has 0 aliphatic carbocycles. The zero-order valence-corrected chi connectivity index (χ0v) is 7.78. The molecule has 5 nitrogen and oxygen atoms in total. The highest BCUT2D eigenvalue weighted by Gasteiger charge is 2.02. The molecule has 0 bridgehead atoms. The maximum absolute atomic E-state index is 3.90. The predicted octanol–water partition coefficient (Wildman–Crippen LogP) is -0.197. The fourth-order valence-corrected chi connectivity index (χ4v) is 0.847. The molecule has 0 unspecified atom stereocenters. The average Bonchev–Trinajstić information content (AvgIpc) is 2.51. The molecule has 0 saturated carbocycles. The summed E-state index contributed by atoms with van der Waals surface area (Å²) in [6.45, 7) is 1.98. The van der Waals surface area contributed by atoms with E-state index in [4.69, 9.17) is 0 Å². The summed E-state index contributed by atoms with van der Waals surface area (Å²) >= 11 is 0. The normalized spacial score (nSPS) is 10.7. The van der Waals surface area contributed by atoms with Crippen LogP contribution >= 0.6 is 0 Å². The van der Waals surface area contributed by atoms with Crippen LogP contribution in [0.15, 0.2) is 6.20 Å². The third-order valence-electron chi connectivity index (χ3n) is 1.68. The molecule has 0 aliphatic rings. The van der Waals surface area contributed by atoms with Gasteiger partial charge in [-0.15, -0.1) is 5.10 Å². The van der Waals surface area contributed by atoms with Gasteiger partial charge in [-0.1, -0.05) is 5.21 Å². The number of hydrogen-bond donors (Lipinski definition) is 1. The van der Waals surface area contributed by atoms with Gasteiger partial charge in [-0.25, -0.2) is 0 Å². The summed E-state index contributed by atoms with van der Waals surface area (Å²) in [6.07, 6.45) is 1.79. The predicted molar refractivity (Wildman–Crippen MR) is 48.2 cm³/mol. The zero-order valence-electron chi connectivity index (χ0n) is 7.78. The number of rotatable bonds is 4. The molecule has 5 heteroatoms. The highest BCUT2D eigenvalue weighted by molar-refractivity contribution is 5.32. The lowest BCUT2D eigenvalue weighted by Crippen LogP contribution is -2.28. The lowest BCUT2D eigenvalue weighted by atomic mass is 10.5. The molecule has 12 heavy (non-hydrogen) atoms. The van der Waals surface area contributed by atoms with Gasteiger partial charge in [0, 0.05) is 20.1 Å². The van der Waals surface area contributed by atoms with E-state index in [2.05, 4.69) is 39.3 Å². The topological polar surface area (TPSA) is 48.0 Å². The fraction of sp³-hybridized carbons (Fsp3) is 0.714. The smallest absolute Gasteiger partial charge is 0.170 e. The second-order valence-electron chi connectivity index (χ2n) is 3.06. The summed E-state index contributed by atoms with van der Waals surface area (Å²) in [4.78, 5) is 4.19. The zero-order chi connectivity index (χ0) is 8.97. The van der Waals surface area contributed by atoms with Crippen LogP contribution in [0.5, 0.6) is 0 Å². The summed E-state index contributed by atoms with van der Waals surface area (Å²) in [6, 6.07) is 0. The van der Waals surface area contributed by atoms with Crippen molar-refractivity contribution in [1.82, 2.24) is 20.3 Å². The second kappa shape index (κ2) is 4.06. The number of nitrogens with zero attached hydrogens (tertiary/aromatic N) is 4. The number of aromatic amines is 1. The molecule has 0 atom stereocenters. The van der Waals surface area contributed by atoms with Gasteiger partial charge < -0.3 is 9.80 Å². The first-order valence-corrected chi connectivity index (χ1v) is 3.92. The first-order chi connectivity index (χ1) is 5.70.